The van der Waals surface area contributed by atoms with Crippen LogP contribution in [0.2, 0.25) is 0 Å². The van der Waals surface area contributed by atoms with Crippen LogP contribution >= 0.6 is 0 Å². The van der Waals surface area contributed by atoms with Gasteiger partial charge < -0.3 is 20.4 Å². The smallest absolute Gasteiger partial charge is 0.407 e. The molecule has 0 saturated carbocycles. The Bertz CT molecular complexity index is 1020. The molecule has 1 atom stereocenters. The highest BCUT2D eigenvalue weighted by atomic mass is 16.6. The van der Waals surface area contributed by atoms with Gasteiger partial charge in [0, 0.05) is 35.2 Å². The van der Waals surface area contributed by atoms with Crippen LogP contribution in [0.1, 0.15) is 49.2 Å². The predicted octanol–water partition coefficient (Wildman–Crippen LogP) is 4.55. The van der Waals surface area contributed by atoms with Gasteiger partial charge in [-0.1, -0.05) is 30.3 Å². The lowest BCUT2D eigenvalue weighted by Crippen LogP contribution is -2.34. The minimum Gasteiger partial charge on any atom is -0.444 e. The van der Waals surface area contributed by atoms with Crippen molar-refractivity contribution in [3.8, 4) is 0 Å². The monoisotopic (exact) mass is 407 g/mol. The fourth-order valence-electron chi connectivity index (χ4n) is 3.25. The number of ether oxygens (including phenoxy) is 1. The molecule has 0 saturated heterocycles. The molecule has 158 valence electrons. The molecule has 2 aromatic carbocycles. The summed E-state index contributed by atoms with van der Waals surface area (Å²) in [6.07, 6.45) is 2.28. The van der Waals surface area contributed by atoms with Crippen LogP contribution < -0.4 is 10.6 Å². The molecule has 3 rings (SSSR count). The lowest BCUT2D eigenvalue weighted by molar-refractivity contribution is 0.0523. The first-order valence-electron chi connectivity index (χ1n) is 10.1. The molecule has 0 aliphatic carbocycles. The molecule has 0 fully saturated rings. The SMILES string of the molecule is C[C@H](Cc1c[nH]c2ccccc12)NC(=O)c1ccc(CNC(=O)OC(C)(C)C)cc1. The van der Waals surface area contributed by atoms with E-state index in [1.165, 1.54) is 10.9 Å². The number of hydrogen-bond acceptors (Lipinski definition) is 3. The van der Waals surface area contributed by atoms with E-state index in [-0.39, 0.29) is 11.9 Å². The molecule has 0 unspecified atom stereocenters. The maximum absolute atomic E-state index is 12.6. The first-order chi connectivity index (χ1) is 14.2. The number of hydrogen-bond donors (Lipinski definition) is 3. The lowest BCUT2D eigenvalue weighted by Gasteiger charge is -2.19. The Balaban J connectivity index is 1.52. The number of aromatic amines is 1. The second-order valence-electron chi connectivity index (χ2n) is 8.49. The van der Waals surface area contributed by atoms with Crippen molar-refractivity contribution in [2.24, 2.45) is 0 Å². The van der Waals surface area contributed by atoms with E-state index in [0.29, 0.717) is 12.1 Å². The first kappa shape index (κ1) is 21.4. The summed E-state index contributed by atoms with van der Waals surface area (Å²) in [6, 6.07) is 15.3. The third-order valence-electron chi connectivity index (χ3n) is 4.63. The Morgan fingerprint density at radius 3 is 2.47 bits per heavy atom. The highest BCUT2D eigenvalue weighted by Gasteiger charge is 2.16. The molecule has 3 N–H and O–H groups in total. The Kier molecular flexibility index (Phi) is 6.45. The topological polar surface area (TPSA) is 83.2 Å². The van der Waals surface area contributed by atoms with Gasteiger partial charge in [-0.05, 0) is 63.4 Å². The normalized spacial score (nSPS) is 12.4. The van der Waals surface area contributed by atoms with Gasteiger partial charge in [0.15, 0.2) is 0 Å². The molecule has 0 aliphatic rings. The van der Waals surface area contributed by atoms with Crippen molar-refractivity contribution in [2.75, 3.05) is 0 Å². The van der Waals surface area contributed by atoms with Gasteiger partial charge in [-0.2, -0.15) is 0 Å². The van der Waals surface area contributed by atoms with Crippen molar-refractivity contribution in [3.63, 3.8) is 0 Å². The number of rotatable bonds is 6. The van der Waals surface area contributed by atoms with Crippen molar-refractivity contribution in [3.05, 3.63) is 71.4 Å². The number of carbonyl (C=O) groups is 2. The number of amides is 2. The van der Waals surface area contributed by atoms with Gasteiger partial charge in [0.05, 0.1) is 0 Å². The largest absolute Gasteiger partial charge is 0.444 e. The van der Waals surface area contributed by atoms with Gasteiger partial charge in [-0.3, -0.25) is 4.79 Å². The summed E-state index contributed by atoms with van der Waals surface area (Å²) in [5.74, 6) is -0.117. The number of para-hydroxylation sites is 1. The standard InChI is InChI=1S/C24H29N3O3/c1-16(13-19-15-25-21-8-6-5-7-20(19)21)27-22(28)18-11-9-17(10-12-18)14-26-23(29)30-24(2,3)4/h5-12,15-16,25H,13-14H2,1-4H3,(H,26,29)(H,27,28)/t16-/m1/s1. The van der Waals surface area contributed by atoms with Crippen LogP contribution in [0.5, 0.6) is 0 Å². The zero-order valence-corrected chi connectivity index (χ0v) is 17.9. The average molecular weight is 408 g/mol. The van der Waals surface area contributed by atoms with Crippen LogP contribution in [0.4, 0.5) is 4.79 Å². The number of aromatic nitrogens is 1. The summed E-state index contributed by atoms with van der Waals surface area (Å²) in [4.78, 5) is 27.6. The second kappa shape index (κ2) is 9.03. The number of H-pyrrole nitrogens is 1. The van der Waals surface area contributed by atoms with Crippen molar-refractivity contribution in [1.29, 1.82) is 0 Å². The van der Waals surface area contributed by atoms with Crippen LogP contribution in [-0.2, 0) is 17.7 Å². The molecule has 0 radical (unpaired) electrons. The van der Waals surface area contributed by atoms with Gasteiger partial charge in [0.2, 0.25) is 0 Å². The van der Waals surface area contributed by atoms with Gasteiger partial charge in [0.1, 0.15) is 5.60 Å². The Labute approximate surface area is 177 Å². The van der Waals surface area contributed by atoms with E-state index in [1.807, 2.05) is 64.2 Å². The van der Waals surface area contributed by atoms with Crippen LogP contribution in [0, 0.1) is 0 Å². The summed E-state index contributed by atoms with van der Waals surface area (Å²) in [7, 11) is 0. The molecule has 6 nitrogen and oxygen atoms in total. The van der Waals surface area contributed by atoms with Gasteiger partial charge in [-0.15, -0.1) is 0 Å². The third-order valence-corrected chi connectivity index (χ3v) is 4.63. The third kappa shape index (κ3) is 5.86. The molecule has 0 bridgehead atoms. The van der Waals surface area contributed by atoms with Crippen LogP contribution in [0.25, 0.3) is 10.9 Å². The summed E-state index contributed by atoms with van der Waals surface area (Å²) in [6.45, 7) is 7.80. The van der Waals surface area contributed by atoms with Crippen molar-refractivity contribution in [2.45, 2.75) is 52.3 Å². The van der Waals surface area contributed by atoms with Crippen molar-refractivity contribution < 1.29 is 14.3 Å². The van der Waals surface area contributed by atoms with E-state index in [9.17, 15) is 9.59 Å². The number of benzene rings is 2. The van der Waals surface area contributed by atoms with Crippen LogP contribution in [-0.4, -0.2) is 28.6 Å². The molecular weight excluding hydrogens is 378 g/mol. The average Bonchev–Trinajstić information content (AvgIpc) is 3.08. The summed E-state index contributed by atoms with van der Waals surface area (Å²) >= 11 is 0. The van der Waals surface area contributed by atoms with E-state index < -0.39 is 11.7 Å². The summed E-state index contributed by atoms with van der Waals surface area (Å²) in [5.41, 5.74) is 3.23. The van der Waals surface area contributed by atoms with Gasteiger partial charge in [-0.25, -0.2) is 4.79 Å². The van der Waals surface area contributed by atoms with Crippen molar-refractivity contribution in [1.82, 2.24) is 15.6 Å². The fourth-order valence-corrected chi connectivity index (χ4v) is 3.25. The molecule has 0 spiro atoms. The summed E-state index contributed by atoms with van der Waals surface area (Å²) < 4.78 is 5.22. The molecule has 30 heavy (non-hydrogen) atoms. The second-order valence-corrected chi connectivity index (χ2v) is 8.49. The highest BCUT2D eigenvalue weighted by Crippen LogP contribution is 2.19. The van der Waals surface area contributed by atoms with Crippen LogP contribution in [0.15, 0.2) is 54.7 Å². The molecule has 3 aromatic rings. The minimum absolute atomic E-state index is 0.00906. The molecule has 1 heterocycles. The zero-order valence-electron chi connectivity index (χ0n) is 17.9. The van der Waals surface area contributed by atoms with E-state index in [1.54, 1.807) is 12.1 Å². The Hall–Kier alpha value is -3.28. The maximum Gasteiger partial charge on any atom is 0.407 e. The number of alkyl carbamates (subject to hydrolysis) is 1. The quantitative estimate of drug-likeness (QED) is 0.560. The van der Waals surface area contributed by atoms with Crippen molar-refractivity contribution >= 4 is 22.9 Å². The lowest BCUT2D eigenvalue weighted by atomic mass is 10.1. The highest BCUT2D eigenvalue weighted by molar-refractivity contribution is 5.94. The maximum atomic E-state index is 12.6. The molecule has 0 aliphatic heterocycles. The number of carbonyl (C=O) groups excluding carboxylic acids is 2. The fraction of sp³-hybridized carbons (Fsp3) is 0.333. The van der Waals surface area contributed by atoms with Gasteiger partial charge in [0.25, 0.3) is 5.91 Å². The first-order valence-corrected chi connectivity index (χ1v) is 10.1. The molecular formula is C24H29N3O3. The zero-order chi connectivity index (χ0) is 21.7. The van der Waals surface area contributed by atoms with E-state index >= 15 is 0 Å². The van der Waals surface area contributed by atoms with E-state index in [0.717, 1.165) is 17.5 Å². The minimum atomic E-state index is -0.532. The van der Waals surface area contributed by atoms with Gasteiger partial charge >= 0.3 is 6.09 Å². The Morgan fingerprint density at radius 2 is 1.77 bits per heavy atom. The van der Waals surface area contributed by atoms with E-state index in [2.05, 4.69) is 21.7 Å². The number of nitrogens with one attached hydrogen (secondary N) is 3. The Morgan fingerprint density at radius 1 is 1.07 bits per heavy atom. The summed E-state index contributed by atoms with van der Waals surface area (Å²) in [5, 5.41) is 6.94. The van der Waals surface area contributed by atoms with Crippen LogP contribution in [0.3, 0.4) is 0 Å². The molecule has 1 aromatic heterocycles. The number of fused-ring (bicyclic) bond motifs is 1. The molecule has 2 amide bonds. The van der Waals surface area contributed by atoms with E-state index in [4.69, 9.17) is 4.74 Å². The predicted molar refractivity (Wildman–Crippen MR) is 118 cm³/mol. The molecule has 6 heteroatoms.